The molecule has 1 amide bonds. The number of rotatable bonds is 5. The van der Waals surface area contributed by atoms with Gasteiger partial charge in [-0.3, -0.25) is 18.7 Å². The minimum absolute atomic E-state index is 0.0928. The fourth-order valence-corrected chi connectivity index (χ4v) is 2.81. The Labute approximate surface area is 122 Å². The second-order valence-electron chi connectivity index (χ2n) is 5.37. The van der Waals surface area contributed by atoms with E-state index in [0.717, 1.165) is 30.3 Å². The van der Waals surface area contributed by atoms with Gasteiger partial charge in [0.25, 0.3) is 5.56 Å². The minimum atomic E-state index is -0.508. The number of aromatic nitrogens is 2. The Morgan fingerprint density at radius 1 is 1.38 bits per heavy atom. The highest BCUT2D eigenvalue weighted by Crippen LogP contribution is 2.23. The lowest BCUT2D eigenvalue weighted by molar-refractivity contribution is -0.134. The fourth-order valence-electron chi connectivity index (χ4n) is 2.81. The molecule has 0 aromatic carbocycles. The third-order valence-electron chi connectivity index (χ3n) is 3.99. The maximum absolute atomic E-state index is 12.4. The van der Waals surface area contributed by atoms with Crippen molar-refractivity contribution in [1.29, 1.82) is 0 Å². The molecule has 1 aliphatic carbocycles. The van der Waals surface area contributed by atoms with E-state index in [1.807, 2.05) is 0 Å². The van der Waals surface area contributed by atoms with Crippen molar-refractivity contribution in [2.45, 2.75) is 38.3 Å². The molecule has 2 rings (SSSR count). The number of aliphatic hydroxyl groups is 1. The van der Waals surface area contributed by atoms with Gasteiger partial charge in [-0.05, 0) is 12.8 Å². The van der Waals surface area contributed by atoms with E-state index in [9.17, 15) is 14.4 Å². The van der Waals surface area contributed by atoms with E-state index < -0.39 is 11.2 Å². The van der Waals surface area contributed by atoms with Crippen molar-refractivity contribution in [3.63, 3.8) is 0 Å². The Kier molecular flexibility index (Phi) is 4.95. The number of carbonyl (C=O) groups excluding carboxylic acids is 1. The van der Waals surface area contributed by atoms with Crippen LogP contribution in [0.5, 0.6) is 0 Å². The van der Waals surface area contributed by atoms with Crippen LogP contribution in [-0.2, 0) is 18.4 Å². The van der Waals surface area contributed by atoms with E-state index in [0.29, 0.717) is 0 Å². The van der Waals surface area contributed by atoms with Crippen molar-refractivity contribution in [3.05, 3.63) is 33.1 Å². The number of amides is 1. The molecule has 7 nitrogen and oxygen atoms in total. The van der Waals surface area contributed by atoms with Gasteiger partial charge in [-0.25, -0.2) is 4.79 Å². The van der Waals surface area contributed by atoms with Crippen molar-refractivity contribution in [2.24, 2.45) is 7.05 Å². The average molecular weight is 295 g/mol. The zero-order chi connectivity index (χ0) is 15.4. The van der Waals surface area contributed by atoms with Crippen LogP contribution in [0.1, 0.15) is 25.7 Å². The van der Waals surface area contributed by atoms with Crippen LogP contribution in [0.25, 0.3) is 0 Å². The van der Waals surface area contributed by atoms with Crippen molar-refractivity contribution < 1.29 is 9.90 Å². The Morgan fingerprint density at radius 3 is 2.67 bits per heavy atom. The maximum Gasteiger partial charge on any atom is 0.331 e. The lowest BCUT2D eigenvalue weighted by Gasteiger charge is -2.28. The first kappa shape index (κ1) is 15.5. The molecule has 1 saturated carbocycles. The summed E-state index contributed by atoms with van der Waals surface area (Å²) in [6.45, 7) is 0.0812. The number of hydrogen-bond donors (Lipinski definition) is 1. The largest absolute Gasteiger partial charge is 0.395 e. The van der Waals surface area contributed by atoms with Crippen LogP contribution in [0.15, 0.2) is 21.9 Å². The summed E-state index contributed by atoms with van der Waals surface area (Å²) in [4.78, 5) is 37.3. The van der Waals surface area contributed by atoms with Gasteiger partial charge in [0.1, 0.15) is 6.54 Å². The van der Waals surface area contributed by atoms with E-state index in [2.05, 4.69) is 0 Å². The van der Waals surface area contributed by atoms with Crippen LogP contribution in [-0.4, -0.2) is 44.2 Å². The molecule has 0 bridgehead atoms. The van der Waals surface area contributed by atoms with E-state index in [1.54, 1.807) is 4.90 Å². The van der Waals surface area contributed by atoms with Crippen LogP contribution >= 0.6 is 0 Å². The van der Waals surface area contributed by atoms with Gasteiger partial charge in [0.15, 0.2) is 0 Å². The molecule has 1 aromatic rings. The van der Waals surface area contributed by atoms with Crippen molar-refractivity contribution in [1.82, 2.24) is 14.0 Å². The van der Waals surface area contributed by atoms with Gasteiger partial charge in [0.05, 0.1) is 6.61 Å². The lowest BCUT2D eigenvalue weighted by atomic mass is 10.2. The molecule has 1 aromatic heterocycles. The predicted molar refractivity (Wildman–Crippen MR) is 77.0 cm³/mol. The summed E-state index contributed by atoms with van der Waals surface area (Å²) < 4.78 is 2.20. The van der Waals surface area contributed by atoms with Crippen LogP contribution in [0.2, 0.25) is 0 Å². The summed E-state index contributed by atoms with van der Waals surface area (Å²) in [6, 6.07) is 1.41. The highest BCUT2D eigenvalue weighted by atomic mass is 16.3. The first-order valence-corrected chi connectivity index (χ1v) is 7.21. The van der Waals surface area contributed by atoms with Gasteiger partial charge in [-0.2, -0.15) is 0 Å². The monoisotopic (exact) mass is 295 g/mol. The average Bonchev–Trinajstić information content (AvgIpc) is 2.99. The van der Waals surface area contributed by atoms with Crippen LogP contribution in [0.3, 0.4) is 0 Å². The molecule has 1 aliphatic rings. The van der Waals surface area contributed by atoms with Crippen molar-refractivity contribution >= 4 is 5.91 Å². The zero-order valence-electron chi connectivity index (χ0n) is 12.2. The molecule has 1 N–H and O–H groups in total. The predicted octanol–water partition coefficient (Wildman–Crippen LogP) is -0.689. The Morgan fingerprint density at radius 2 is 2.05 bits per heavy atom. The minimum Gasteiger partial charge on any atom is -0.395 e. The quantitative estimate of drug-likeness (QED) is 0.779. The third-order valence-corrected chi connectivity index (χ3v) is 3.99. The first-order valence-electron chi connectivity index (χ1n) is 7.21. The van der Waals surface area contributed by atoms with Gasteiger partial charge in [0, 0.05) is 31.9 Å². The Balaban J connectivity index is 2.17. The maximum atomic E-state index is 12.4. The van der Waals surface area contributed by atoms with Crippen LogP contribution in [0.4, 0.5) is 0 Å². The normalized spacial score (nSPS) is 15.3. The smallest absolute Gasteiger partial charge is 0.331 e. The van der Waals surface area contributed by atoms with Gasteiger partial charge < -0.3 is 10.0 Å². The highest BCUT2D eigenvalue weighted by molar-refractivity contribution is 5.76. The number of carbonyl (C=O) groups is 1. The van der Waals surface area contributed by atoms with E-state index >= 15 is 0 Å². The summed E-state index contributed by atoms with van der Waals surface area (Å²) in [5.41, 5.74) is -0.905. The summed E-state index contributed by atoms with van der Waals surface area (Å²) >= 11 is 0. The molecular formula is C14H21N3O4. The highest BCUT2D eigenvalue weighted by Gasteiger charge is 2.26. The summed E-state index contributed by atoms with van der Waals surface area (Å²) in [6.07, 6.45) is 5.38. The lowest BCUT2D eigenvalue weighted by Crippen LogP contribution is -2.45. The van der Waals surface area contributed by atoms with Crippen molar-refractivity contribution in [3.8, 4) is 0 Å². The van der Waals surface area contributed by atoms with Gasteiger partial charge in [-0.1, -0.05) is 12.8 Å². The fraction of sp³-hybridized carbons (Fsp3) is 0.643. The number of hydrogen-bond acceptors (Lipinski definition) is 4. The van der Waals surface area contributed by atoms with Gasteiger partial charge in [0.2, 0.25) is 5.91 Å². The molecule has 21 heavy (non-hydrogen) atoms. The summed E-state index contributed by atoms with van der Waals surface area (Å²) in [7, 11) is 1.38. The molecule has 116 valence electrons. The van der Waals surface area contributed by atoms with Gasteiger partial charge >= 0.3 is 5.69 Å². The summed E-state index contributed by atoms with van der Waals surface area (Å²) in [5, 5.41) is 9.14. The zero-order valence-corrected chi connectivity index (χ0v) is 12.2. The Hall–Kier alpha value is -1.89. The first-order chi connectivity index (χ1) is 10.0. The number of nitrogens with zero attached hydrogens (tertiary/aromatic N) is 3. The molecule has 1 fully saturated rings. The van der Waals surface area contributed by atoms with E-state index in [4.69, 9.17) is 5.11 Å². The molecule has 0 atom stereocenters. The van der Waals surface area contributed by atoms with Crippen LogP contribution < -0.4 is 11.2 Å². The van der Waals surface area contributed by atoms with E-state index in [-0.39, 0.29) is 31.6 Å². The Bertz CT molecular complexity index is 613. The molecule has 1 heterocycles. The second-order valence-corrected chi connectivity index (χ2v) is 5.37. The van der Waals surface area contributed by atoms with Crippen molar-refractivity contribution in [2.75, 3.05) is 13.2 Å². The molecule has 0 spiro atoms. The van der Waals surface area contributed by atoms with Gasteiger partial charge in [-0.15, -0.1) is 0 Å². The molecule has 0 unspecified atom stereocenters. The molecule has 0 radical (unpaired) electrons. The standard InChI is InChI=1S/C14H21N3O4/c1-15-12(19)6-7-16(14(15)21)10-13(20)17(8-9-18)11-4-2-3-5-11/h6-7,11,18H,2-5,8-10H2,1H3. The summed E-state index contributed by atoms with van der Waals surface area (Å²) in [5.74, 6) is -0.198. The second kappa shape index (κ2) is 6.71. The third kappa shape index (κ3) is 3.41. The molecular weight excluding hydrogens is 274 g/mol. The SMILES string of the molecule is Cn1c(=O)ccn(CC(=O)N(CCO)C2CCCC2)c1=O. The van der Waals surface area contributed by atoms with E-state index in [1.165, 1.54) is 23.9 Å². The molecule has 0 saturated heterocycles. The topological polar surface area (TPSA) is 84.5 Å². The van der Waals surface area contributed by atoms with Crippen LogP contribution in [0, 0.1) is 0 Å². The molecule has 0 aliphatic heterocycles. The molecule has 7 heteroatoms. The number of aliphatic hydroxyl groups excluding tert-OH is 1.